The van der Waals surface area contributed by atoms with E-state index in [1.54, 1.807) is 0 Å². The maximum absolute atomic E-state index is 14.5. The minimum absolute atomic E-state index is 0.112. The number of nitrogens with one attached hydrogen (secondary N) is 1. The lowest BCUT2D eigenvalue weighted by molar-refractivity contribution is 0.101. The number of rotatable bonds is 6. The first kappa shape index (κ1) is 29.5. The van der Waals surface area contributed by atoms with Crippen LogP contribution in [-0.4, -0.2) is 85.3 Å². The van der Waals surface area contributed by atoms with Gasteiger partial charge < -0.3 is 36.1 Å². The molecule has 234 valence electrons. The van der Waals surface area contributed by atoms with Crippen LogP contribution in [0.1, 0.15) is 78.0 Å². The highest BCUT2D eigenvalue weighted by molar-refractivity contribution is 7.16. The summed E-state index contributed by atoms with van der Waals surface area (Å²) in [5.41, 5.74) is 15.1. The van der Waals surface area contributed by atoms with E-state index in [4.69, 9.17) is 30.9 Å². The molecule has 2 aromatic heterocycles. The van der Waals surface area contributed by atoms with Crippen LogP contribution in [0.15, 0.2) is 17.3 Å². The zero-order valence-electron chi connectivity index (χ0n) is 25.5. The lowest BCUT2D eigenvalue weighted by Crippen LogP contribution is -2.62. The van der Waals surface area contributed by atoms with Gasteiger partial charge in [0.1, 0.15) is 23.5 Å². The number of fused-ring (bicyclic) bond motifs is 2. The molecule has 0 aromatic carbocycles. The van der Waals surface area contributed by atoms with Gasteiger partial charge in [-0.15, -0.1) is 11.3 Å². The van der Waals surface area contributed by atoms with Gasteiger partial charge in [-0.1, -0.05) is 0 Å². The monoisotopic (exact) mass is 618 g/mol. The molecule has 3 saturated heterocycles. The van der Waals surface area contributed by atoms with Gasteiger partial charge in [0.15, 0.2) is 0 Å². The molecule has 5 N–H and O–H groups in total. The standard InChI is InChI=1S/C32H42N8O3S/c1-39-12-4-5-20(39)17-43-25-15-24(40-13-11-36-18-31(40)10-14-42-19-31)37-30(38-25)27(41)21-6-2-8-32(28(21)34)9-3-7-23-26(32)22(16-33)29(35)44-23/h15,20,36H,2-14,17-19,34-35H2,1H3/t20-,31+,32-/m0/s1. The van der Waals surface area contributed by atoms with Gasteiger partial charge >= 0.3 is 0 Å². The number of carbonyl (C=O) groups excluding carboxylic acids is 1. The quantitative estimate of drug-likeness (QED) is 0.409. The summed E-state index contributed by atoms with van der Waals surface area (Å²) in [6, 6.07) is 4.54. The number of aryl methyl sites for hydroxylation is 1. The van der Waals surface area contributed by atoms with Crippen molar-refractivity contribution in [3.8, 4) is 11.9 Å². The Morgan fingerprint density at radius 2 is 2.07 bits per heavy atom. The van der Waals surface area contributed by atoms with Crippen LogP contribution in [0.4, 0.5) is 10.8 Å². The number of nitrogen functional groups attached to an aromatic ring is 1. The molecule has 5 aliphatic rings. The summed E-state index contributed by atoms with van der Waals surface area (Å²) in [6.07, 6.45) is 7.83. The number of carbonyl (C=O) groups is 1. The summed E-state index contributed by atoms with van der Waals surface area (Å²) in [4.78, 5) is 29.8. The van der Waals surface area contributed by atoms with E-state index < -0.39 is 5.41 Å². The third kappa shape index (κ3) is 4.85. The third-order valence-electron chi connectivity index (χ3n) is 10.6. The van der Waals surface area contributed by atoms with Gasteiger partial charge in [-0.2, -0.15) is 10.2 Å². The molecule has 5 heterocycles. The van der Waals surface area contributed by atoms with Crippen LogP contribution in [0.5, 0.6) is 5.88 Å². The number of likely N-dealkylation sites (N-methyl/N-ethyl adjacent to an activating group) is 1. The first-order chi connectivity index (χ1) is 21.3. The number of anilines is 2. The zero-order valence-corrected chi connectivity index (χ0v) is 26.3. The molecule has 0 radical (unpaired) electrons. The van der Waals surface area contributed by atoms with Crippen LogP contribution in [0.3, 0.4) is 0 Å². The summed E-state index contributed by atoms with van der Waals surface area (Å²) in [5.74, 6) is 0.952. The number of nitrogens with two attached hydrogens (primary N) is 2. The predicted octanol–water partition coefficient (Wildman–Crippen LogP) is 2.89. The number of ether oxygens (including phenoxy) is 2. The van der Waals surface area contributed by atoms with E-state index in [9.17, 15) is 10.1 Å². The number of ketones is 1. The molecule has 0 saturated carbocycles. The predicted molar refractivity (Wildman–Crippen MR) is 169 cm³/mol. The second kappa shape index (κ2) is 11.6. The van der Waals surface area contributed by atoms with Crippen LogP contribution < -0.4 is 26.4 Å². The van der Waals surface area contributed by atoms with Gasteiger partial charge in [0.25, 0.3) is 0 Å². The Morgan fingerprint density at radius 1 is 1.23 bits per heavy atom. The highest BCUT2D eigenvalue weighted by Gasteiger charge is 2.47. The summed E-state index contributed by atoms with van der Waals surface area (Å²) in [5, 5.41) is 14.1. The molecular formula is C32H42N8O3S. The van der Waals surface area contributed by atoms with Crippen molar-refractivity contribution in [3.05, 3.63) is 39.2 Å². The Balaban J connectivity index is 1.29. The number of thiophene rings is 1. The molecule has 12 heteroatoms. The van der Waals surface area contributed by atoms with E-state index in [1.165, 1.54) is 11.3 Å². The van der Waals surface area contributed by atoms with Crippen molar-refractivity contribution in [1.29, 1.82) is 5.26 Å². The molecule has 0 unspecified atom stereocenters. The van der Waals surface area contributed by atoms with Crippen molar-refractivity contribution in [3.63, 3.8) is 0 Å². The van der Waals surface area contributed by atoms with E-state index in [-0.39, 0.29) is 17.1 Å². The lowest BCUT2D eigenvalue weighted by Gasteiger charge is -2.45. The van der Waals surface area contributed by atoms with Gasteiger partial charge in [0, 0.05) is 59.9 Å². The lowest BCUT2D eigenvalue weighted by atomic mass is 9.62. The number of hydrogen-bond acceptors (Lipinski definition) is 12. The van der Waals surface area contributed by atoms with Crippen molar-refractivity contribution < 1.29 is 14.3 Å². The van der Waals surface area contributed by atoms with Gasteiger partial charge in [0.05, 0.1) is 17.7 Å². The van der Waals surface area contributed by atoms with Crippen molar-refractivity contribution >= 4 is 27.9 Å². The Bertz CT molecular complexity index is 1530. The molecule has 0 bridgehead atoms. The van der Waals surface area contributed by atoms with Crippen molar-refractivity contribution in [2.75, 3.05) is 63.7 Å². The summed E-state index contributed by atoms with van der Waals surface area (Å²) in [6.45, 7) is 5.19. The number of hydrogen-bond donors (Lipinski definition) is 3. The van der Waals surface area contributed by atoms with Crippen molar-refractivity contribution in [2.45, 2.75) is 74.8 Å². The van der Waals surface area contributed by atoms with E-state index in [1.807, 2.05) is 6.07 Å². The SMILES string of the molecule is CN1CCC[C@H]1COc1cc(N2CCNC[C@@]23CCOC3)nc(C(=O)C2=C(N)[C@@]3(CCC2)CCCc2sc(N)c(C#N)c23)n1. The number of nitrogens with zero attached hydrogens (tertiary/aromatic N) is 5. The number of piperazine rings is 1. The molecule has 2 aromatic rings. The molecule has 0 amide bonds. The largest absolute Gasteiger partial charge is 0.476 e. The van der Waals surface area contributed by atoms with E-state index >= 15 is 0 Å². The maximum atomic E-state index is 14.5. The molecule has 2 spiro atoms. The molecular weight excluding hydrogens is 576 g/mol. The summed E-state index contributed by atoms with van der Waals surface area (Å²) in [7, 11) is 2.12. The van der Waals surface area contributed by atoms with Crippen LogP contribution in [0.2, 0.25) is 0 Å². The molecule has 3 atom stereocenters. The molecule has 7 rings (SSSR count). The zero-order chi connectivity index (χ0) is 30.5. The topological polar surface area (TPSA) is 156 Å². The fraction of sp³-hybridized carbons (Fsp3) is 0.625. The van der Waals surface area contributed by atoms with Gasteiger partial charge in [0.2, 0.25) is 17.5 Å². The maximum Gasteiger partial charge on any atom is 0.228 e. The first-order valence-corrected chi connectivity index (χ1v) is 16.8. The van der Waals surface area contributed by atoms with Crippen LogP contribution in [0.25, 0.3) is 0 Å². The van der Waals surface area contributed by atoms with E-state index in [0.29, 0.717) is 65.8 Å². The first-order valence-electron chi connectivity index (χ1n) is 16.0. The normalized spacial score (nSPS) is 28.9. The fourth-order valence-electron chi connectivity index (χ4n) is 8.23. The van der Waals surface area contributed by atoms with Gasteiger partial charge in [-0.05, 0) is 76.9 Å². The average Bonchev–Trinajstić information content (AvgIpc) is 3.76. The Hall–Kier alpha value is -3.24. The molecule has 44 heavy (non-hydrogen) atoms. The number of aromatic nitrogens is 2. The second-order valence-corrected chi connectivity index (χ2v) is 14.2. The van der Waals surface area contributed by atoms with Crippen LogP contribution in [-0.2, 0) is 16.6 Å². The Kier molecular flexibility index (Phi) is 7.77. The summed E-state index contributed by atoms with van der Waals surface area (Å²) < 4.78 is 12.2. The third-order valence-corrected chi connectivity index (χ3v) is 11.7. The van der Waals surface area contributed by atoms with Gasteiger partial charge in [-0.25, -0.2) is 4.98 Å². The minimum Gasteiger partial charge on any atom is -0.476 e. The highest BCUT2D eigenvalue weighted by atomic mass is 32.1. The molecule has 3 aliphatic heterocycles. The summed E-state index contributed by atoms with van der Waals surface area (Å²) >= 11 is 1.49. The van der Waals surface area contributed by atoms with Crippen LogP contribution >= 0.6 is 11.3 Å². The Morgan fingerprint density at radius 3 is 2.82 bits per heavy atom. The smallest absolute Gasteiger partial charge is 0.228 e. The van der Waals surface area contributed by atoms with Crippen molar-refractivity contribution in [2.24, 2.45) is 5.73 Å². The number of Topliss-reactive ketones (excluding diaryl/α,β-unsaturated/α-hetero) is 1. The fourth-order valence-corrected chi connectivity index (χ4v) is 9.39. The second-order valence-electron chi connectivity index (χ2n) is 13.1. The average molecular weight is 619 g/mol. The number of nitriles is 1. The highest BCUT2D eigenvalue weighted by Crippen LogP contribution is 2.53. The number of allylic oxidation sites excluding steroid dienone is 2. The van der Waals surface area contributed by atoms with E-state index in [0.717, 1.165) is 88.0 Å². The van der Waals surface area contributed by atoms with Crippen LogP contribution in [0, 0.1) is 11.3 Å². The molecule has 2 aliphatic carbocycles. The van der Waals surface area contributed by atoms with Crippen molar-refractivity contribution in [1.82, 2.24) is 20.2 Å². The molecule has 11 nitrogen and oxygen atoms in total. The molecule has 3 fully saturated rings. The van der Waals surface area contributed by atoms with Gasteiger partial charge in [-0.3, -0.25) is 4.79 Å². The number of likely N-dealkylation sites (tertiary alicyclic amines) is 1. The van der Waals surface area contributed by atoms with E-state index in [2.05, 4.69) is 28.2 Å². The Labute approximate surface area is 262 Å². The minimum atomic E-state index is -0.566.